The number of aliphatic hydroxyl groups is 2. The van der Waals surface area contributed by atoms with Crippen LogP contribution in [0.5, 0.6) is 0 Å². The third-order valence-corrected chi connectivity index (χ3v) is 3.85. The zero-order valence-electron chi connectivity index (χ0n) is 13.4. The van der Waals surface area contributed by atoms with E-state index in [-0.39, 0.29) is 13.2 Å². The lowest BCUT2D eigenvalue weighted by Gasteiger charge is -2.19. The highest BCUT2D eigenvalue weighted by Crippen LogP contribution is 2.24. The normalized spacial score (nSPS) is 13.4. The Balaban J connectivity index is 1.52. The molecule has 1 amide bonds. The molecule has 0 aliphatic heterocycles. The monoisotopic (exact) mass is 341 g/mol. The van der Waals surface area contributed by atoms with Gasteiger partial charge < -0.3 is 25.3 Å². The minimum atomic E-state index is -1.18. The number of benzene rings is 1. The lowest BCUT2D eigenvalue weighted by atomic mass is 10.0. The van der Waals surface area contributed by atoms with E-state index in [4.69, 9.17) is 4.74 Å². The van der Waals surface area contributed by atoms with E-state index >= 15 is 0 Å². The molecule has 2 heterocycles. The van der Waals surface area contributed by atoms with Gasteiger partial charge in [0.05, 0.1) is 0 Å². The van der Waals surface area contributed by atoms with Gasteiger partial charge in [-0.2, -0.15) is 0 Å². The van der Waals surface area contributed by atoms with Gasteiger partial charge in [0.15, 0.2) is 0 Å². The minimum absolute atomic E-state index is 0.136. The van der Waals surface area contributed by atoms with Crippen molar-refractivity contribution in [1.82, 2.24) is 15.3 Å². The average Bonchev–Trinajstić information content (AvgIpc) is 3.13. The average molecular weight is 341 g/mol. The number of ether oxygens (including phenoxy) is 1. The third kappa shape index (κ3) is 4.14. The lowest BCUT2D eigenvalue weighted by Crippen LogP contribution is -2.35. The maximum Gasteiger partial charge on any atom is 0.407 e. The molecule has 7 heteroatoms. The SMILES string of the molecule is O=C(NCC(O)C(O)c1ccnc2[nH]ccc12)OCc1ccccc1. The number of aromatic amines is 1. The maximum absolute atomic E-state index is 11.7. The predicted molar refractivity (Wildman–Crippen MR) is 91.7 cm³/mol. The zero-order chi connectivity index (χ0) is 17.6. The summed E-state index contributed by atoms with van der Waals surface area (Å²) in [4.78, 5) is 18.8. The van der Waals surface area contributed by atoms with E-state index in [1.165, 1.54) is 0 Å². The van der Waals surface area contributed by atoms with E-state index in [1.54, 1.807) is 24.5 Å². The molecule has 0 spiro atoms. The number of nitrogens with one attached hydrogen (secondary N) is 2. The first-order chi connectivity index (χ1) is 12.1. The number of hydrogen-bond acceptors (Lipinski definition) is 5. The van der Waals surface area contributed by atoms with Crippen molar-refractivity contribution >= 4 is 17.1 Å². The van der Waals surface area contributed by atoms with Crippen molar-refractivity contribution in [3.8, 4) is 0 Å². The third-order valence-electron chi connectivity index (χ3n) is 3.85. The molecular weight excluding hydrogens is 322 g/mol. The molecule has 2 atom stereocenters. The predicted octanol–water partition coefficient (Wildman–Crippen LogP) is 1.88. The summed E-state index contributed by atoms with van der Waals surface area (Å²) in [6.07, 6.45) is 0.266. The van der Waals surface area contributed by atoms with Crippen LogP contribution in [-0.2, 0) is 11.3 Å². The molecule has 0 fully saturated rings. The number of rotatable bonds is 6. The van der Waals surface area contributed by atoms with Crippen molar-refractivity contribution in [2.24, 2.45) is 0 Å². The van der Waals surface area contributed by atoms with E-state index in [2.05, 4.69) is 15.3 Å². The number of carbonyl (C=O) groups is 1. The van der Waals surface area contributed by atoms with Crippen LogP contribution in [0.1, 0.15) is 17.2 Å². The van der Waals surface area contributed by atoms with Crippen LogP contribution in [0.3, 0.4) is 0 Å². The quantitative estimate of drug-likeness (QED) is 0.548. The lowest BCUT2D eigenvalue weighted by molar-refractivity contribution is 0.0192. The van der Waals surface area contributed by atoms with Crippen molar-refractivity contribution in [2.45, 2.75) is 18.8 Å². The Kier molecular flexibility index (Phi) is 5.27. The highest BCUT2D eigenvalue weighted by atomic mass is 16.5. The molecular formula is C18H19N3O4. The number of fused-ring (bicyclic) bond motifs is 1. The van der Waals surface area contributed by atoms with Gasteiger partial charge in [0.25, 0.3) is 0 Å². The summed E-state index contributed by atoms with van der Waals surface area (Å²) >= 11 is 0. The Hall–Kier alpha value is -2.90. The molecule has 0 bridgehead atoms. The maximum atomic E-state index is 11.7. The Morgan fingerprint density at radius 1 is 1.20 bits per heavy atom. The van der Waals surface area contributed by atoms with Crippen LogP contribution >= 0.6 is 0 Å². The van der Waals surface area contributed by atoms with Gasteiger partial charge in [-0.05, 0) is 23.3 Å². The summed E-state index contributed by atoms with van der Waals surface area (Å²) in [5.41, 5.74) is 2.03. The number of H-pyrrole nitrogens is 1. The van der Waals surface area contributed by atoms with Crippen molar-refractivity contribution in [3.05, 3.63) is 66.0 Å². The van der Waals surface area contributed by atoms with Crippen LogP contribution < -0.4 is 5.32 Å². The van der Waals surface area contributed by atoms with E-state index in [9.17, 15) is 15.0 Å². The first-order valence-corrected chi connectivity index (χ1v) is 7.88. The molecule has 3 rings (SSSR count). The molecule has 7 nitrogen and oxygen atoms in total. The van der Waals surface area contributed by atoms with E-state index in [1.807, 2.05) is 30.3 Å². The molecule has 1 aromatic carbocycles. The minimum Gasteiger partial charge on any atom is -0.445 e. The second-order valence-corrected chi connectivity index (χ2v) is 5.59. The summed E-state index contributed by atoms with van der Waals surface area (Å²) in [7, 11) is 0. The number of pyridine rings is 1. The van der Waals surface area contributed by atoms with Crippen molar-refractivity contribution < 1.29 is 19.7 Å². The fourth-order valence-electron chi connectivity index (χ4n) is 2.52. The first kappa shape index (κ1) is 16.9. The van der Waals surface area contributed by atoms with E-state index < -0.39 is 18.3 Å². The second-order valence-electron chi connectivity index (χ2n) is 5.59. The van der Waals surface area contributed by atoms with Gasteiger partial charge in [0, 0.05) is 24.3 Å². The Morgan fingerprint density at radius 2 is 2.00 bits per heavy atom. The standard InChI is InChI=1S/C18H19N3O4/c22-15(10-21-18(24)25-11-12-4-2-1-3-5-12)16(23)13-6-8-19-17-14(13)7-9-20-17/h1-9,15-16,22-23H,10-11H2,(H,19,20)(H,21,24). The molecule has 2 unspecified atom stereocenters. The summed E-state index contributed by atoms with van der Waals surface area (Å²) in [5, 5.41) is 23.7. The highest BCUT2D eigenvalue weighted by Gasteiger charge is 2.21. The molecule has 3 aromatic rings. The molecule has 4 N–H and O–H groups in total. The topological polar surface area (TPSA) is 107 Å². The zero-order valence-corrected chi connectivity index (χ0v) is 13.4. The van der Waals surface area contributed by atoms with Gasteiger partial charge in [-0.1, -0.05) is 30.3 Å². The van der Waals surface area contributed by atoms with Crippen LogP contribution in [0.25, 0.3) is 11.0 Å². The van der Waals surface area contributed by atoms with Crippen LogP contribution in [0.2, 0.25) is 0 Å². The molecule has 0 saturated heterocycles. The molecule has 0 aliphatic carbocycles. The number of amides is 1. The smallest absolute Gasteiger partial charge is 0.407 e. The van der Waals surface area contributed by atoms with Crippen LogP contribution in [-0.4, -0.2) is 38.9 Å². The van der Waals surface area contributed by atoms with Gasteiger partial charge in [-0.15, -0.1) is 0 Å². The first-order valence-electron chi connectivity index (χ1n) is 7.88. The van der Waals surface area contributed by atoms with Crippen LogP contribution in [0.4, 0.5) is 4.79 Å². The fraction of sp³-hybridized carbons (Fsp3) is 0.222. The molecule has 25 heavy (non-hydrogen) atoms. The summed E-state index contributed by atoms with van der Waals surface area (Å²) in [6.45, 7) is 0.00266. The highest BCUT2D eigenvalue weighted by molar-refractivity contribution is 5.79. The van der Waals surface area contributed by atoms with Crippen molar-refractivity contribution in [2.75, 3.05) is 6.54 Å². The van der Waals surface area contributed by atoms with E-state index in [0.29, 0.717) is 11.2 Å². The molecule has 2 aromatic heterocycles. The number of hydrogen-bond donors (Lipinski definition) is 4. The van der Waals surface area contributed by atoms with Gasteiger partial charge in [0.1, 0.15) is 24.5 Å². The molecule has 0 aliphatic rings. The molecule has 0 radical (unpaired) electrons. The van der Waals surface area contributed by atoms with Crippen LogP contribution in [0.15, 0.2) is 54.9 Å². The van der Waals surface area contributed by atoms with Gasteiger partial charge in [-0.25, -0.2) is 9.78 Å². The Labute approximate surface area is 144 Å². The van der Waals surface area contributed by atoms with Gasteiger partial charge in [-0.3, -0.25) is 0 Å². The van der Waals surface area contributed by atoms with Gasteiger partial charge >= 0.3 is 6.09 Å². The molecule has 0 saturated carbocycles. The second kappa shape index (κ2) is 7.78. The summed E-state index contributed by atoms with van der Waals surface area (Å²) < 4.78 is 5.06. The fourth-order valence-corrected chi connectivity index (χ4v) is 2.52. The molecule has 130 valence electrons. The number of nitrogens with zero attached hydrogens (tertiary/aromatic N) is 1. The van der Waals surface area contributed by atoms with E-state index in [0.717, 1.165) is 10.9 Å². The Morgan fingerprint density at radius 3 is 2.80 bits per heavy atom. The Bertz CT molecular complexity index is 834. The summed E-state index contributed by atoms with van der Waals surface area (Å²) in [5.74, 6) is 0. The number of carbonyl (C=O) groups excluding carboxylic acids is 1. The van der Waals surface area contributed by atoms with Gasteiger partial charge in [0.2, 0.25) is 0 Å². The number of aromatic nitrogens is 2. The largest absolute Gasteiger partial charge is 0.445 e. The van der Waals surface area contributed by atoms with Crippen molar-refractivity contribution in [1.29, 1.82) is 0 Å². The number of alkyl carbamates (subject to hydrolysis) is 1. The van der Waals surface area contributed by atoms with Crippen LogP contribution in [0, 0.1) is 0 Å². The number of aliphatic hydroxyl groups excluding tert-OH is 2. The summed E-state index contributed by atoms with van der Waals surface area (Å²) in [6, 6.07) is 12.7. The van der Waals surface area contributed by atoms with Crippen molar-refractivity contribution in [3.63, 3.8) is 0 Å².